The fraction of sp³-hybridized carbons (Fsp3) is 0.538. The highest BCUT2D eigenvalue weighted by Crippen LogP contribution is 2.19. The molecule has 20 heavy (non-hydrogen) atoms. The zero-order chi connectivity index (χ0) is 14.9. The van der Waals surface area contributed by atoms with Gasteiger partial charge >= 0.3 is 11.7 Å². The number of amides is 1. The maximum Gasteiger partial charge on any atom is 0.345 e. The summed E-state index contributed by atoms with van der Waals surface area (Å²) in [5.41, 5.74) is 1.32. The molecule has 0 aliphatic carbocycles. The topological polar surface area (TPSA) is 103 Å². The molecular formula is C13H17N3O4. The number of nitrogens with zero attached hydrogens (tertiary/aromatic N) is 2. The van der Waals surface area contributed by atoms with Gasteiger partial charge in [0.1, 0.15) is 6.04 Å². The summed E-state index contributed by atoms with van der Waals surface area (Å²) in [6.07, 6.45) is 1.25. The van der Waals surface area contributed by atoms with E-state index in [1.54, 1.807) is 13.8 Å². The molecule has 2 heterocycles. The molecule has 1 saturated heterocycles. The van der Waals surface area contributed by atoms with Crippen molar-refractivity contribution in [1.82, 2.24) is 14.9 Å². The molecule has 1 fully saturated rings. The molecular weight excluding hydrogens is 262 g/mol. The van der Waals surface area contributed by atoms with Crippen molar-refractivity contribution < 1.29 is 14.7 Å². The number of H-pyrrole nitrogens is 1. The number of aliphatic carboxylic acids is 1. The molecule has 7 nitrogen and oxygen atoms in total. The van der Waals surface area contributed by atoms with Gasteiger partial charge in [-0.25, -0.2) is 9.59 Å². The lowest BCUT2D eigenvalue weighted by molar-refractivity contribution is -0.148. The molecule has 0 radical (unpaired) electrons. The average Bonchev–Trinajstić information content (AvgIpc) is 2.82. The molecule has 1 aliphatic rings. The lowest BCUT2D eigenvalue weighted by atomic mass is 10.1. The minimum absolute atomic E-state index is 0.0607. The van der Waals surface area contributed by atoms with Gasteiger partial charge < -0.3 is 15.0 Å². The number of rotatable bonds is 3. The van der Waals surface area contributed by atoms with Gasteiger partial charge in [0.25, 0.3) is 0 Å². The first-order valence-corrected chi connectivity index (χ1v) is 6.49. The van der Waals surface area contributed by atoms with Crippen molar-refractivity contribution in [3.8, 4) is 0 Å². The third-order valence-corrected chi connectivity index (χ3v) is 3.64. The number of hydrogen-bond donors (Lipinski definition) is 2. The standard InChI is InChI=1S/C13H17N3O4/c1-7-9(8(2)15-13(20)14-7)6-11(17)16-5-3-4-10(16)12(18)19/h10H,3-6H2,1-2H3,(H,18,19)(H,14,15,20)/t10-/m1/s1. The number of carboxylic acids is 1. The fourth-order valence-corrected chi connectivity index (χ4v) is 2.59. The summed E-state index contributed by atoms with van der Waals surface area (Å²) in [7, 11) is 0. The van der Waals surface area contributed by atoms with Crippen LogP contribution in [-0.4, -0.2) is 44.4 Å². The van der Waals surface area contributed by atoms with Gasteiger partial charge in [0.05, 0.1) is 6.42 Å². The van der Waals surface area contributed by atoms with Crippen LogP contribution in [0.5, 0.6) is 0 Å². The summed E-state index contributed by atoms with van der Waals surface area (Å²) < 4.78 is 0. The van der Waals surface area contributed by atoms with E-state index >= 15 is 0 Å². The van der Waals surface area contributed by atoms with Crippen molar-refractivity contribution in [2.75, 3.05) is 6.54 Å². The summed E-state index contributed by atoms with van der Waals surface area (Å²) in [5, 5.41) is 9.09. The SMILES string of the molecule is Cc1nc(=O)[nH]c(C)c1CC(=O)N1CCC[C@@H]1C(=O)O. The highest BCUT2D eigenvalue weighted by Gasteiger charge is 2.34. The zero-order valence-corrected chi connectivity index (χ0v) is 11.5. The highest BCUT2D eigenvalue weighted by molar-refractivity contribution is 5.85. The fourth-order valence-electron chi connectivity index (χ4n) is 2.59. The van der Waals surface area contributed by atoms with E-state index in [1.807, 2.05) is 0 Å². The van der Waals surface area contributed by atoms with Gasteiger partial charge in [-0.2, -0.15) is 4.98 Å². The van der Waals surface area contributed by atoms with Crippen molar-refractivity contribution >= 4 is 11.9 Å². The van der Waals surface area contributed by atoms with Crippen LogP contribution in [0.15, 0.2) is 4.79 Å². The molecule has 1 amide bonds. The first kappa shape index (κ1) is 14.2. The Kier molecular flexibility index (Phi) is 3.87. The largest absolute Gasteiger partial charge is 0.480 e. The molecule has 1 aromatic rings. The zero-order valence-electron chi connectivity index (χ0n) is 11.5. The molecule has 1 aromatic heterocycles. The number of carbonyl (C=O) groups is 2. The van der Waals surface area contributed by atoms with Gasteiger partial charge in [-0.05, 0) is 26.7 Å². The summed E-state index contributed by atoms with van der Waals surface area (Å²) in [4.78, 5) is 42.3. The number of carbonyl (C=O) groups excluding carboxylic acids is 1. The molecule has 2 N–H and O–H groups in total. The second-order valence-electron chi connectivity index (χ2n) is 4.99. The maximum atomic E-state index is 12.3. The van der Waals surface area contributed by atoms with E-state index < -0.39 is 17.7 Å². The molecule has 108 valence electrons. The van der Waals surface area contributed by atoms with Crippen molar-refractivity contribution in [2.24, 2.45) is 0 Å². The number of aromatic nitrogens is 2. The Morgan fingerprint density at radius 2 is 2.15 bits per heavy atom. The molecule has 7 heteroatoms. The van der Waals surface area contributed by atoms with E-state index in [4.69, 9.17) is 5.11 Å². The third kappa shape index (κ3) is 2.71. The summed E-state index contributed by atoms with van der Waals surface area (Å²) in [6, 6.07) is -0.737. The number of hydrogen-bond acceptors (Lipinski definition) is 4. The van der Waals surface area contributed by atoms with Gasteiger partial charge in [-0.15, -0.1) is 0 Å². The molecule has 0 bridgehead atoms. The second kappa shape index (κ2) is 5.44. The van der Waals surface area contributed by atoms with Crippen molar-refractivity contribution in [3.63, 3.8) is 0 Å². The van der Waals surface area contributed by atoms with Gasteiger partial charge in [-0.1, -0.05) is 0 Å². The normalized spacial score (nSPS) is 18.3. The molecule has 1 aliphatic heterocycles. The minimum Gasteiger partial charge on any atom is -0.480 e. The molecule has 0 unspecified atom stereocenters. The van der Waals surface area contributed by atoms with E-state index in [-0.39, 0.29) is 12.3 Å². The Morgan fingerprint density at radius 1 is 1.45 bits per heavy atom. The Morgan fingerprint density at radius 3 is 2.75 bits per heavy atom. The number of aromatic amines is 1. The molecule has 0 spiro atoms. The van der Waals surface area contributed by atoms with Crippen LogP contribution in [0.4, 0.5) is 0 Å². The Hall–Kier alpha value is -2.18. The number of likely N-dealkylation sites (tertiary alicyclic amines) is 1. The van der Waals surface area contributed by atoms with Crippen molar-refractivity contribution in [1.29, 1.82) is 0 Å². The minimum atomic E-state index is -0.969. The predicted octanol–water partition coefficient (Wildman–Crippen LogP) is 0.00484. The first-order chi connectivity index (χ1) is 9.40. The smallest absolute Gasteiger partial charge is 0.345 e. The van der Waals surface area contributed by atoms with Crippen molar-refractivity contribution in [3.05, 3.63) is 27.4 Å². The van der Waals surface area contributed by atoms with Crippen LogP contribution in [0.2, 0.25) is 0 Å². The summed E-state index contributed by atoms with van der Waals surface area (Å²) >= 11 is 0. The van der Waals surface area contributed by atoms with Crippen LogP contribution >= 0.6 is 0 Å². The van der Waals surface area contributed by atoms with Crippen LogP contribution in [-0.2, 0) is 16.0 Å². The van der Waals surface area contributed by atoms with E-state index in [9.17, 15) is 14.4 Å². The van der Waals surface area contributed by atoms with E-state index in [1.165, 1.54) is 4.90 Å². The Labute approximate surface area is 115 Å². The lowest BCUT2D eigenvalue weighted by Crippen LogP contribution is -2.41. The molecule has 0 saturated carbocycles. The van der Waals surface area contributed by atoms with Crippen molar-refractivity contribution in [2.45, 2.75) is 39.2 Å². The van der Waals surface area contributed by atoms with Crippen LogP contribution in [0.25, 0.3) is 0 Å². The highest BCUT2D eigenvalue weighted by atomic mass is 16.4. The quantitative estimate of drug-likeness (QED) is 0.811. The Bertz CT molecular complexity index is 582. The van der Waals surface area contributed by atoms with E-state index in [0.29, 0.717) is 36.3 Å². The van der Waals surface area contributed by atoms with Crippen LogP contribution < -0.4 is 5.69 Å². The summed E-state index contributed by atoms with van der Waals surface area (Å²) in [5.74, 6) is -1.21. The Balaban J connectivity index is 2.20. The van der Waals surface area contributed by atoms with Crippen LogP contribution in [0, 0.1) is 13.8 Å². The van der Waals surface area contributed by atoms with Gasteiger partial charge in [0.2, 0.25) is 5.91 Å². The van der Waals surface area contributed by atoms with Crippen LogP contribution in [0.3, 0.4) is 0 Å². The van der Waals surface area contributed by atoms with Gasteiger partial charge in [0.15, 0.2) is 0 Å². The molecule has 1 atom stereocenters. The third-order valence-electron chi connectivity index (χ3n) is 3.64. The first-order valence-electron chi connectivity index (χ1n) is 6.49. The second-order valence-corrected chi connectivity index (χ2v) is 4.99. The van der Waals surface area contributed by atoms with Gasteiger partial charge in [-0.3, -0.25) is 4.79 Å². The van der Waals surface area contributed by atoms with Gasteiger partial charge in [0, 0.05) is 23.5 Å². The predicted molar refractivity (Wildman–Crippen MR) is 70.4 cm³/mol. The number of carboxylic acid groups (broad SMARTS) is 1. The summed E-state index contributed by atoms with van der Waals surface area (Å²) in [6.45, 7) is 3.84. The number of nitrogens with one attached hydrogen (secondary N) is 1. The lowest BCUT2D eigenvalue weighted by Gasteiger charge is -2.22. The maximum absolute atomic E-state index is 12.3. The average molecular weight is 279 g/mol. The monoisotopic (exact) mass is 279 g/mol. The van der Waals surface area contributed by atoms with E-state index in [2.05, 4.69) is 9.97 Å². The van der Waals surface area contributed by atoms with Crippen LogP contribution in [0.1, 0.15) is 29.8 Å². The molecule has 0 aromatic carbocycles. The number of aryl methyl sites for hydroxylation is 2. The molecule has 2 rings (SSSR count). The van der Waals surface area contributed by atoms with E-state index in [0.717, 1.165) is 0 Å².